The van der Waals surface area contributed by atoms with Crippen molar-refractivity contribution in [2.45, 2.75) is 58.2 Å². The van der Waals surface area contributed by atoms with Gasteiger partial charge in [0.2, 0.25) is 0 Å². The summed E-state index contributed by atoms with van der Waals surface area (Å²) in [5.74, 6) is -0.222. The van der Waals surface area contributed by atoms with Gasteiger partial charge in [0.25, 0.3) is 0 Å². The van der Waals surface area contributed by atoms with Crippen molar-refractivity contribution in [3.63, 3.8) is 0 Å². The van der Waals surface area contributed by atoms with Crippen molar-refractivity contribution < 1.29 is 9.50 Å². The van der Waals surface area contributed by atoms with Crippen LogP contribution in [0, 0.1) is 5.82 Å². The summed E-state index contributed by atoms with van der Waals surface area (Å²) in [6, 6.07) is 5.91. The first kappa shape index (κ1) is 13.3. The van der Waals surface area contributed by atoms with Gasteiger partial charge in [0.05, 0.1) is 11.8 Å². The molecule has 0 aromatic heterocycles. The topological polar surface area (TPSA) is 23.5 Å². The van der Waals surface area contributed by atoms with Crippen molar-refractivity contribution in [2.24, 2.45) is 0 Å². The molecule has 2 unspecified atom stereocenters. The highest BCUT2D eigenvalue weighted by Crippen LogP contribution is 2.34. The van der Waals surface area contributed by atoms with Crippen molar-refractivity contribution in [2.75, 3.05) is 4.90 Å². The molecule has 2 rings (SSSR count). The van der Waals surface area contributed by atoms with Crippen LogP contribution < -0.4 is 4.90 Å². The maximum absolute atomic E-state index is 14.2. The van der Waals surface area contributed by atoms with E-state index in [9.17, 15) is 9.50 Å². The lowest BCUT2D eigenvalue weighted by atomic mass is 10.1. The quantitative estimate of drug-likeness (QED) is 0.886. The van der Waals surface area contributed by atoms with Crippen molar-refractivity contribution >= 4 is 5.69 Å². The molecule has 1 fully saturated rings. The van der Waals surface area contributed by atoms with Crippen LogP contribution in [0.2, 0.25) is 0 Å². The first-order chi connectivity index (χ1) is 8.54. The van der Waals surface area contributed by atoms with E-state index in [0.717, 1.165) is 19.3 Å². The molecule has 1 N–H and O–H groups in total. The van der Waals surface area contributed by atoms with Crippen LogP contribution in [-0.2, 0) is 0 Å². The number of nitrogens with zero attached hydrogens (tertiary/aromatic N) is 1. The van der Waals surface area contributed by atoms with Crippen LogP contribution in [-0.4, -0.2) is 17.2 Å². The van der Waals surface area contributed by atoms with Gasteiger partial charge in [-0.25, -0.2) is 4.39 Å². The van der Waals surface area contributed by atoms with Crippen LogP contribution in [0.4, 0.5) is 10.1 Å². The van der Waals surface area contributed by atoms with Gasteiger partial charge >= 0.3 is 0 Å². The molecule has 0 aliphatic carbocycles. The number of benzene rings is 1. The third-order valence-electron chi connectivity index (χ3n) is 3.99. The van der Waals surface area contributed by atoms with Crippen molar-refractivity contribution in [1.29, 1.82) is 0 Å². The van der Waals surface area contributed by atoms with Gasteiger partial charge in [-0.2, -0.15) is 0 Å². The van der Waals surface area contributed by atoms with E-state index in [-0.39, 0.29) is 5.82 Å². The summed E-state index contributed by atoms with van der Waals surface area (Å²) in [7, 11) is 0. The molecule has 0 radical (unpaired) electrons. The van der Waals surface area contributed by atoms with Gasteiger partial charge in [-0.05, 0) is 50.8 Å². The fourth-order valence-electron chi connectivity index (χ4n) is 2.90. The van der Waals surface area contributed by atoms with Crippen LogP contribution in [0.5, 0.6) is 0 Å². The second kappa shape index (κ2) is 5.27. The lowest BCUT2D eigenvalue weighted by molar-refractivity contribution is 0.199. The number of aliphatic hydroxyl groups excluding tert-OH is 1. The molecule has 1 saturated heterocycles. The van der Waals surface area contributed by atoms with Crippen molar-refractivity contribution in [3.05, 3.63) is 29.6 Å². The molecule has 0 bridgehead atoms. The Morgan fingerprint density at radius 3 is 2.72 bits per heavy atom. The molecule has 1 aromatic carbocycles. The van der Waals surface area contributed by atoms with Gasteiger partial charge < -0.3 is 10.0 Å². The Bertz CT molecular complexity index is 419. The predicted molar refractivity (Wildman–Crippen MR) is 72.3 cm³/mol. The monoisotopic (exact) mass is 251 g/mol. The number of aliphatic hydroxyl groups is 1. The second-order valence-corrected chi connectivity index (χ2v) is 5.28. The zero-order valence-corrected chi connectivity index (χ0v) is 11.4. The first-order valence-corrected chi connectivity index (χ1v) is 6.80. The Morgan fingerprint density at radius 2 is 2.17 bits per heavy atom. The average Bonchev–Trinajstić information content (AvgIpc) is 2.70. The maximum atomic E-state index is 14.2. The molecule has 0 saturated carbocycles. The molecule has 1 aromatic rings. The number of hydrogen-bond acceptors (Lipinski definition) is 2. The van der Waals surface area contributed by atoms with Crippen LogP contribution in [0.25, 0.3) is 0 Å². The number of halogens is 1. The van der Waals surface area contributed by atoms with Gasteiger partial charge in [-0.1, -0.05) is 13.0 Å². The van der Waals surface area contributed by atoms with E-state index in [1.165, 1.54) is 6.07 Å². The van der Waals surface area contributed by atoms with Crippen molar-refractivity contribution in [1.82, 2.24) is 0 Å². The highest BCUT2D eigenvalue weighted by Gasteiger charge is 2.31. The molecule has 3 heteroatoms. The Hall–Kier alpha value is -1.09. The van der Waals surface area contributed by atoms with Crippen LogP contribution in [0.3, 0.4) is 0 Å². The van der Waals surface area contributed by atoms with E-state index in [4.69, 9.17) is 0 Å². The Morgan fingerprint density at radius 1 is 1.44 bits per heavy atom. The van der Waals surface area contributed by atoms with Gasteiger partial charge in [-0.3, -0.25) is 0 Å². The summed E-state index contributed by atoms with van der Waals surface area (Å²) in [6.45, 7) is 5.96. The molecule has 100 valence electrons. The summed E-state index contributed by atoms with van der Waals surface area (Å²) in [5, 5.41) is 9.47. The molecule has 2 nitrogen and oxygen atoms in total. The van der Waals surface area contributed by atoms with E-state index in [2.05, 4.69) is 18.7 Å². The molecular formula is C15H22FNO. The third-order valence-corrected chi connectivity index (χ3v) is 3.99. The summed E-state index contributed by atoms with van der Waals surface area (Å²) in [5.41, 5.74) is 1.31. The minimum Gasteiger partial charge on any atom is -0.389 e. The van der Waals surface area contributed by atoms with E-state index in [1.807, 2.05) is 12.1 Å². The minimum absolute atomic E-state index is 0.222. The molecule has 3 atom stereocenters. The standard InChI is InChI=1S/C15H22FNO/c1-4-13-7-5-10(2)17(13)15-8-6-12(11(3)18)9-14(15)16/h6,8-11,13,18H,4-5,7H2,1-3H3/t10?,11-,13?/m1/s1. The largest absolute Gasteiger partial charge is 0.389 e. The Kier molecular flexibility index (Phi) is 3.91. The fraction of sp³-hybridized carbons (Fsp3) is 0.600. The lowest BCUT2D eigenvalue weighted by Gasteiger charge is -2.31. The van der Waals surface area contributed by atoms with E-state index >= 15 is 0 Å². The zero-order chi connectivity index (χ0) is 13.3. The normalized spacial score (nSPS) is 25.5. The molecule has 0 amide bonds. The lowest BCUT2D eigenvalue weighted by Crippen LogP contribution is -2.34. The van der Waals surface area contributed by atoms with Gasteiger partial charge in [-0.15, -0.1) is 0 Å². The highest BCUT2D eigenvalue weighted by molar-refractivity contribution is 5.52. The Labute approximate surface area is 108 Å². The molecular weight excluding hydrogens is 229 g/mol. The van der Waals surface area contributed by atoms with Crippen LogP contribution in [0.15, 0.2) is 18.2 Å². The van der Waals surface area contributed by atoms with E-state index < -0.39 is 6.10 Å². The van der Waals surface area contributed by atoms with Gasteiger partial charge in [0.1, 0.15) is 5.82 Å². The molecule has 1 heterocycles. The summed E-state index contributed by atoms with van der Waals surface area (Å²) >= 11 is 0. The highest BCUT2D eigenvalue weighted by atomic mass is 19.1. The molecule has 18 heavy (non-hydrogen) atoms. The average molecular weight is 251 g/mol. The smallest absolute Gasteiger partial charge is 0.146 e. The SMILES string of the molecule is CCC1CCC(C)N1c1ccc([C@@H](C)O)cc1F. The summed E-state index contributed by atoms with van der Waals surface area (Å²) < 4.78 is 14.2. The van der Waals surface area contributed by atoms with Gasteiger partial charge in [0, 0.05) is 12.1 Å². The Balaban J connectivity index is 2.33. The first-order valence-electron chi connectivity index (χ1n) is 6.80. The summed E-state index contributed by atoms with van der Waals surface area (Å²) in [6.07, 6.45) is 2.68. The van der Waals surface area contributed by atoms with Gasteiger partial charge in [0.15, 0.2) is 0 Å². The maximum Gasteiger partial charge on any atom is 0.146 e. The number of anilines is 1. The van der Waals surface area contributed by atoms with E-state index in [0.29, 0.717) is 23.3 Å². The number of hydrogen-bond donors (Lipinski definition) is 1. The van der Waals surface area contributed by atoms with E-state index in [1.54, 1.807) is 6.92 Å². The second-order valence-electron chi connectivity index (χ2n) is 5.28. The van der Waals surface area contributed by atoms with Crippen molar-refractivity contribution in [3.8, 4) is 0 Å². The van der Waals surface area contributed by atoms with Crippen LogP contribution >= 0.6 is 0 Å². The molecule has 1 aliphatic rings. The third kappa shape index (κ3) is 2.37. The molecule has 0 spiro atoms. The fourth-order valence-corrected chi connectivity index (χ4v) is 2.90. The summed E-state index contributed by atoms with van der Waals surface area (Å²) in [4.78, 5) is 2.20. The van der Waals surface area contributed by atoms with Crippen LogP contribution in [0.1, 0.15) is 51.7 Å². The molecule has 1 aliphatic heterocycles. The predicted octanol–water partition coefficient (Wildman–Crippen LogP) is 3.65. The minimum atomic E-state index is -0.619. The number of rotatable bonds is 3. The zero-order valence-electron chi connectivity index (χ0n) is 11.4.